The van der Waals surface area contributed by atoms with Crippen LogP contribution in [-0.2, 0) is 11.3 Å². The molecule has 0 aliphatic heterocycles. The number of hydrogen-bond donors (Lipinski definition) is 1. The van der Waals surface area contributed by atoms with Gasteiger partial charge in [0.05, 0.1) is 6.61 Å². The van der Waals surface area contributed by atoms with E-state index in [-0.39, 0.29) is 24.0 Å². The quantitative estimate of drug-likeness (QED) is 0.235. The number of halogens is 2. The van der Waals surface area contributed by atoms with E-state index in [1.54, 1.807) is 12.1 Å². The summed E-state index contributed by atoms with van der Waals surface area (Å²) in [5.74, 6) is 2.57. The lowest BCUT2D eigenvalue weighted by Crippen LogP contribution is -2.40. The molecule has 1 aromatic carbocycles. The molecule has 1 aromatic heterocycles. The van der Waals surface area contributed by atoms with Crippen LogP contribution in [0.5, 0.6) is 0 Å². The Morgan fingerprint density at radius 3 is 2.79 bits per heavy atom. The summed E-state index contributed by atoms with van der Waals surface area (Å²) in [4.78, 5) is 11.0. The SMILES string of the molecule is CCNC(=NCc1nc(-c2ccc(Cl)cc2)no1)N(C)CCOCC1CC1.I. The molecule has 0 unspecified atom stereocenters. The van der Waals surface area contributed by atoms with E-state index in [0.717, 1.165) is 37.1 Å². The van der Waals surface area contributed by atoms with Gasteiger partial charge in [-0.15, -0.1) is 24.0 Å². The average molecular weight is 520 g/mol. The van der Waals surface area contributed by atoms with E-state index in [2.05, 4.69) is 20.4 Å². The molecule has 1 heterocycles. The summed E-state index contributed by atoms with van der Waals surface area (Å²) in [5, 5.41) is 7.96. The molecule has 0 spiro atoms. The zero-order chi connectivity index (χ0) is 19.1. The lowest BCUT2D eigenvalue weighted by Gasteiger charge is -2.21. The van der Waals surface area contributed by atoms with Crippen molar-refractivity contribution in [2.75, 3.05) is 33.4 Å². The minimum Gasteiger partial charge on any atom is -0.379 e. The first-order chi connectivity index (χ1) is 13.2. The molecule has 154 valence electrons. The van der Waals surface area contributed by atoms with Crippen molar-refractivity contribution >= 4 is 41.5 Å². The molecule has 1 aliphatic carbocycles. The fraction of sp³-hybridized carbons (Fsp3) is 0.526. The predicted molar refractivity (Wildman–Crippen MR) is 121 cm³/mol. The van der Waals surface area contributed by atoms with Gasteiger partial charge in [0.2, 0.25) is 11.7 Å². The van der Waals surface area contributed by atoms with Gasteiger partial charge in [-0.25, -0.2) is 4.99 Å². The first-order valence-corrected chi connectivity index (χ1v) is 9.69. The first kappa shape index (κ1) is 22.9. The maximum atomic E-state index is 5.91. The minimum absolute atomic E-state index is 0. The number of hydrogen-bond acceptors (Lipinski definition) is 5. The number of aliphatic imine (C=N–C) groups is 1. The minimum atomic E-state index is 0. The number of aromatic nitrogens is 2. The summed E-state index contributed by atoms with van der Waals surface area (Å²) >= 11 is 5.91. The molecule has 28 heavy (non-hydrogen) atoms. The monoisotopic (exact) mass is 519 g/mol. The molecule has 0 atom stereocenters. The second kappa shape index (κ2) is 11.6. The van der Waals surface area contributed by atoms with Crippen molar-refractivity contribution in [2.45, 2.75) is 26.3 Å². The summed E-state index contributed by atoms with van der Waals surface area (Å²) < 4.78 is 11.0. The molecule has 1 aliphatic rings. The number of nitrogens with one attached hydrogen (secondary N) is 1. The highest BCUT2D eigenvalue weighted by atomic mass is 127. The van der Waals surface area contributed by atoms with Gasteiger partial charge in [0.25, 0.3) is 0 Å². The number of likely N-dealkylation sites (N-methyl/N-ethyl adjacent to an activating group) is 1. The lowest BCUT2D eigenvalue weighted by atomic mass is 10.2. The summed E-state index contributed by atoms with van der Waals surface area (Å²) in [6.07, 6.45) is 2.62. The lowest BCUT2D eigenvalue weighted by molar-refractivity contribution is 0.115. The molecule has 0 radical (unpaired) electrons. The molecule has 9 heteroatoms. The van der Waals surface area contributed by atoms with Crippen LogP contribution < -0.4 is 5.32 Å². The Labute approximate surface area is 187 Å². The zero-order valence-electron chi connectivity index (χ0n) is 16.2. The number of ether oxygens (including phenoxy) is 1. The maximum Gasteiger partial charge on any atom is 0.248 e. The van der Waals surface area contributed by atoms with Crippen LogP contribution in [0.15, 0.2) is 33.8 Å². The third-order valence-corrected chi connectivity index (χ3v) is 4.50. The molecule has 0 bridgehead atoms. The van der Waals surface area contributed by atoms with E-state index in [1.807, 2.05) is 31.0 Å². The average Bonchev–Trinajstić information content (AvgIpc) is 3.38. The van der Waals surface area contributed by atoms with E-state index in [0.29, 0.717) is 29.9 Å². The Balaban J connectivity index is 0.00000280. The van der Waals surface area contributed by atoms with Crippen LogP contribution in [0.4, 0.5) is 0 Å². The Hall–Kier alpha value is -1.39. The van der Waals surface area contributed by atoms with Gasteiger partial charge in [0.1, 0.15) is 6.54 Å². The number of guanidine groups is 1. The molecule has 1 saturated carbocycles. The summed E-state index contributed by atoms with van der Waals surface area (Å²) in [7, 11) is 1.99. The number of nitrogens with zero attached hydrogens (tertiary/aromatic N) is 4. The normalized spacial score (nSPS) is 13.9. The Bertz CT molecular complexity index is 749. The Morgan fingerprint density at radius 1 is 1.36 bits per heavy atom. The van der Waals surface area contributed by atoms with Crippen LogP contribution in [0.25, 0.3) is 11.4 Å². The molecular weight excluding hydrogens is 493 g/mol. The van der Waals surface area contributed by atoms with Gasteiger partial charge in [-0.2, -0.15) is 4.98 Å². The van der Waals surface area contributed by atoms with Gasteiger partial charge in [-0.1, -0.05) is 16.8 Å². The van der Waals surface area contributed by atoms with Crippen LogP contribution in [0.1, 0.15) is 25.7 Å². The standard InChI is InChI=1S/C19H26ClN5O2.HI/c1-3-21-19(25(2)10-11-26-13-14-4-5-14)22-12-17-23-18(24-27-17)15-6-8-16(20)9-7-15;/h6-9,14H,3-5,10-13H2,1-2H3,(H,21,22);1H. The highest BCUT2D eigenvalue weighted by Gasteiger charge is 2.21. The molecule has 0 saturated heterocycles. The fourth-order valence-corrected chi connectivity index (χ4v) is 2.62. The van der Waals surface area contributed by atoms with E-state index in [4.69, 9.17) is 20.9 Å². The highest BCUT2D eigenvalue weighted by molar-refractivity contribution is 14.0. The van der Waals surface area contributed by atoms with Crippen molar-refractivity contribution in [3.05, 3.63) is 35.2 Å². The van der Waals surface area contributed by atoms with Crippen LogP contribution >= 0.6 is 35.6 Å². The third kappa shape index (κ3) is 7.21. The van der Waals surface area contributed by atoms with E-state index >= 15 is 0 Å². The van der Waals surface area contributed by atoms with Crippen LogP contribution in [0.2, 0.25) is 5.02 Å². The van der Waals surface area contributed by atoms with Gasteiger partial charge in [-0.05, 0) is 49.9 Å². The van der Waals surface area contributed by atoms with Gasteiger partial charge >= 0.3 is 0 Å². The zero-order valence-corrected chi connectivity index (χ0v) is 19.3. The molecule has 1 fully saturated rings. The molecular formula is C19H27ClIN5O2. The Kier molecular flexibility index (Phi) is 9.46. The molecule has 7 nitrogen and oxygen atoms in total. The summed E-state index contributed by atoms with van der Waals surface area (Å²) in [6, 6.07) is 7.32. The number of rotatable bonds is 9. The largest absolute Gasteiger partial charge is 0.379 e. The molecule has 3 rings (SSSR count). The summed E-state index contributed by atoms with van der Waals surface area (Å²) in [5.41, 5.74) is 0.857. The number of benzene rings is 1. The second-order valence-corrected chi connectivity index (χ2v) is 7.07. The fourth-order valence-electron chi connectivity index (χ4n) is 2.49. The van der Waals surface area contributed by atoms with Crippen molar-refractivity contribution in [1.29, 1.82) is 0 Å². The summed E-state index contributed by atoms with van der Waals surface area (Å²) in [6.45, 7) is 5.48. The highest BCUT2D eigenvalue weighted by Crippen LogP contribution is 2.28. The van der Waals surface area contributed by atoms with Crippen LogP contribution in [-0.4, -0.2) is 54.4 Å². The van der Waals surface area contributed by atoms with Crippen molar-refractivity contribution in [2.24, 2.45) is 10.9 Å². The topological polar surface area (TPSA) is 75.8 Å². The van der Waals surface area contributed by atoms with Crippen LogP contribution in [0, 0.1) is 5.92 Å². The van der Waals surface area contributed by atoms with E-state index < -0.39 is 0 Å². The van der Waals surface area contributed by atoms with Crippen molar-refractivity contribution in [3.8, 4) is 11.4 Å². The van der Waals surface area contributed by atoms with Gasteiger partial charge in [0.15, 0.2) is 5.96 Å². The van der Waals surface area contributed by atoms with Crippen LogP contribution in [0.3, 0.4) is 0 Å². The van der Waals surface area contributed by atoms with Crippen molar-refractivity contribution in [1.82, 2.24) is 20.4 Å². The first-order valence-electron chi connectivity index (χ1n) is 9.31. The van der Waals surface area contributed by atoms with E-state index in [1.165, 1.54) is 12.8 Å². The molecule has 1 N–H and O–H groups in total. The predicted octanol–water partition coefficient (Wildman–Crippen LogP) is 3.83. The Morgan fingerprint density at radius 2 is 2.11 bits per heavy atom. The van der Waals surface area contributed by atoms with Crippen molar-refractivity contribution < 1.29 is 9.26 Å². The third-order valence-electron chi connectivity index (χ3n) is 4.25. The molecule has 0 amide bonds. The van der Waals surface area contributed by atoms with E-state index in [9.17, 15) is 0 Å². The maximum absolute atomic E-state index is 5.91. The van der Waals surface area contributed by atoms with Gasteiger partial charge < -0.3 is 19.5 Å². The molecule has 2 aromatic rings. The second-order valence-electron chi connectivity index (χ2n) is 6.63. The smallest absolute Gasteiger partial charge is 0.248 e. The van der Waals surface area contributed by atoms with Gasteiger partial charge in [-0.3, -0.25) is 0 Å². The van der Waals surface area contributed by atoms with Crippen molar-refractivity contribution in [3.63, 3.8) is 0 Å². The van der Waals surface area contributed by atoms with Gasteiger partial charge in [0, 0.05) is 37.3 Å².